The molecule has 0 heterocycles. The van der Waals surface area contributed by atoms with Crippen molar-refractivity contribution in [3.8, 4) is 11.5 Å². The number of benzene rings is 2. The van der Waals surface area contributed by atoms with Crippen LogP contribution in [0.1, 0.15) is 93.2 Å². The molecule has 2 nitrogen and oxygen atoms in total. The third kappa shape index (κ3) is 5.40. The average Bonchev–Trinajstić information content (AvgIpc) is 3.33. The Balaban J connectivity index is 2.07. The molecule has 2 aromatic rings. The molecule has 37 heavy (non-hydrogen) atoms. The van der Waals surface area contributed by atoms with Gasteiger partial charge in [-0.25, -0.2) is 0 Å². The molecule has 0 N–H and O–H groups in total. The molecule has 3 heteroatoms. The van der Waals surface area contributed by atoms with Crippen molar-refractivity contribution in [3.05, 3.63) is 101 Å². The Kier molecular flexibility index (Phi) is 7.71. The first-order chi connectivity index (χ1) is 17.3. The van der Waals surface area contributed by atoms with Crippen molar-refractivity contribution in [3.63, 3.8) is 0 Å². The maximum absolute atomic E-state index is 7.57. The number of allylic oxidation sites excluding steroid dienone is 8. The molecule has 4 rings (SSSR count). The molecule has 0 spiro atoms. The zero-order valence-electron chi connectivity index (χ0n) is 24.5. The summed E-state index contributed by atoms with van der Waals surface area (Å²) in [6.07, 6.45) is 6.64. The zero-order chi connectivity index (χ0) is 27.2. The molecular formula is C34H44O2Zr. The molecule has 0 saturated carbocycles. The van der Waals surface area contributed by atoms with Crippen LogP contribution in [-0.2, 0) is 32.0 Å². The van der Waals surface area contributed by atoms with Crippen molar-refractivity contribution in [1.29, 1.82) is 0 Å². The number of para-hydroxylation sites is 2. The fourth-order valence-electron chi connectivity index (χ4n) is 5.78. The van der Waals surface area contributed by atoms with Crippen LogP contribution in [0.5, 0.6) is 11.5 Å². The number of hydrogen-bond acceptors (Lipinski definition) is 2. The van der Waals surface area contributed by atoms with Crippen molar-refractivity contribution >= 4 is 0 Å². The first-order valence-electron chi connectivity index (χ1n) is 13.6. The van der Waals surface area contributed by atoms with Crippen LogP contribution in [0.4, 0.5) is 0 Å². The van der Waals surface area contributed by atoms with Crippen LogP contribution in [0, 0.1) is 0 Å². The van der Waals surface area contributed by atoms with Gasteiger partial charge in [-0.15, -0.1) is 0 Å². The minimum absolute atomic E-state index is 0.0501. The first kappa shape index (κ1) is 27.9. The molecule has 196 valence electrons. The molecule has 2 aliphatic carbocycles. The van der Waals surface area contributed by atoms with Gasteiger partial charge in [-0.3, -0.25) is 0 Å². The van der Waals surface area contributed by atoms with Crippen LogP contribution < -0.4 is 5.63 Å². The Hall–Kier alpha value is -2.12. The predicted octanol–water partition coefficient (Wildman–Crippen LogP) is 9.97. The molecule has 0 saturated heterocycles. The summed E-state index contributed by atoms with van der Waals surface area (Å²) in [4.78, 5) is 0. The summed E-state index contributed by atoms with van der Waals surface area (Å²) < 4.78 is 17.8. The van der Waals surface area contributed by atoms with E-state index in [4.69, 9.17) is 5.63 Å². The van der Waals surface area contributed by atoms with Crippen molar-refractivity contribution in [2.75, 3.05) is 0 Å². The van der Waals surface area contributed by atoms with Crippen LogP contribution in [0.15, 0.2) is 89.5 Å². The SMILES string of the molecule is CC1=CCC(C)=[C]1[Zr]([O]c1ccccc1C(C)(C)C)([O]c1ccccc1C(C)(C)C)[C]1=C(C)CC=C1C. The van der Waals surface area contributed by atoms with E-state index in [0.29, 0.717) is 0 Å². The van der Waals surface area contributed by atoms with E-state index in [-0.39, 0.29) is 10.8 Å². The van der Waals surface area contributed by atoms with Gasteiger partial charge in [0.1, 0.15) is 0 Å². The Morgan fingerprint density at radius 3 is 1.22 bits per heavy atom. The van der Waals surface area contributed by atoms with Gasteiger partial charge in [0.2, 0.25) is 0 Å². The molecule has 0 atom stereocenters. The minimum atomic E-state index is -4.36. The Morgan fingerprint density at radius 2 is 0.919 bits per heavy atom. The van der Waals surface area contributed by atoms with Gasteiger partial charge in [-0.05, 0) is 0 Å². The van der Waals surface area contributed by atoms with Gasteiger partial charge in [0.25, 0.3) is 0 Å². The molecule has 0 aromatic heterocycles. The first-order valence-corrected chi connectivity index (χ1v) is 18.0. The second-order valence-electron chi connectivity index (χ2n) is 12.8. The van der Waals surface area contributed by atoms with Crippen molar-refractivity contribution in [2.45, 2.75) is 92.9 Å². The summed E-state index contributed by atoms with van der Waals surface area (Å²) in [7, 11) is 0. The van der Waals surface area contributed by atoms with E-state index in [1.165, 1.54) is 40.0 Å². The van der Waals surface area contributed by atoms with Crippen LogP contribution in [-0.4, -0.2) is 0 Å². The van der Waals surface area contributed by atoms with Crippen LogP contribution in [0.2, 0.25) is 0 Å². The molecule has 0 bridgehead atoms. The fourth-order valence-corrected chi connectivity index (χ4v) is 16.2. The normalized spacial score (nSPS) is 16.8. The third-order valence-corrected chi connectivity index (χ3v) is 17.4. The van der Waals surface area contributed by atoms with E-state index < -0.39 is 21.1 Å². The molecular weight excluding hydrogens is 532 g/mol. The second-order valence-corrected chi connectivity index (χ2v) is 19.3. The molecule has 0 fully saturated rings. The van der Waals surface area contributed by atoms with Gasteiger partial charge < -0.3 is 0 Å². The summed E-state index contributed by atoms with van der Waals surface area (Å²) in [6.45, 7) is 22.6. The summed E-state index contributed by atoms with van der Waals surface area (Å²) in [5.74, 6) is 1.91. The summed E-state index contributed by atoms with van der Waals surface area (Å²) in [6, 6.07) is 17.2. The van der Waals surface area contributed by atoms with E-state index in [2.05, 4.69) is 130 Å². The molecule has 0 unspecified atom stereocenters. The topological polar surface area (TPSA) is 18.5 Å². The Bertz CT molecular complexity index is 1220. The quantitative estimate of drug-likeness (QED) is 0.341. The number of hydrogen-bond donors (Lipinski definition) is 0. The van der Waals surface area contributed by atoms with Gasteiger partial charge in [-0.1, -0.05) is 0 Å². The van der Waals surface area contributed by atoms with Gasteiger partial charge in [0.05, 0.1) is 0 Å². The van der Waals surface area contributed by atoms with Crippen molar-refractivity contribution < 1.29 is 26.8 Å². The predicted molar refractivity (Wildman–Crippen MR) is 154 cm³/mol. The molecule has 2 aromatic carbocycles. The molecule has 0 aliphatic heterocycles. The zero-order valence-corrected chi connectivity index (χ0v) is 27.0. The van der Waals surface area contributed by atoms with Crippen LogP contribution in [0.25, 0.3) is 0 Å². The van der Waals surface area contributed by atoms with Gasteiger partial charge in [-0.2, -0.15) is 0 Å². The third-order valence-electron chi connectivity index (χ3n) is 7.63. The molecule has 0 radical (unpaired) electrons. The van der Waals surface area contributed by atoms with Crippen molar-refractivity contribution in [1.82, 2.24) is 0 Å². The second kappa shape index (κ2) is 10.2. The summed E-state index contributed by atoms with van der Waals surface area (Å²) in [5.41, 5.74) is 7.74. The summed E-state index contributed by atoms with van der Waals surface area (Å²) in [5, 5.41) is 0. The monoisotopic (exact) mass is 574 g/mol. The van der Waals surface area contributed by atoms with Gasteiger partial charge in [0, 0.05) is 0 Å². The van der Waals surface area contributed by atoms with E-state index >= 15 is 0 Å². The standard InChI is InChI=1S/2C10H14O.2C7H9.Zr/c2*1-10(2,3)8-6-4-5-7-9(8)11;2*1-6-3-4-7(2)5-6;/h2*4-7,11H,1-3H3;2*3H,4H2,1-2H3;/q;;;;+2/p-2. The van der Waals surface area contributed by atoms with Gasteiger partial charge >= 0.3 is 232 Å². The van der Waals surface area contributed by atoms with Crippen LogP contribution in [0.3, 0.4) is 0 Å². The summed E-state index contributed by atoms with van der Waals surface area (Å²) >= 11 is -4.36. The van der Waals surface area contributed by atoms with Crippen molar-refractivity contribution in [2.24, 2.45) is 0 Å². The van der Waals surface area contributed by atoms with E-state index in [0.717, 1.165) is 24.3 Å². The average molecular weight is 576 g/mol. The maximum atomic E-state index is 7.57. The fraction of sp³-hybridized carbons (Fsp3) is 0.412. The van der Waals surface area contributed by atoms with E-state index in [1.54, 1.807) is 0 Å². The van der Waals surface area contributed by atoms with Crippen LogP contribution >= 0.6 is 0 Å². The van der Waals surface area contributed by atoms with E-state index in [1.807, 2.05) is 0 Å². The van der Waals surface area contributed by atoms with Gasteiger partial charge in [0.15, 0.2) is 0 Å². The van der Waals surface area contributed by atoms with E-state index in [9.17, 15) is 0 Å². The Morgan fingerprint density at radius 1 is 0.568 bits per heavy atom. The molecule has 2 aliphatic rings. The Labute approximate surface area is 230 Å². The number of rotatable bonds is 6. The molecule has 0 amide bonds.